The van der Waals surface area contributed by atoms with E-state index in [1.54, 1.807) is 22.6 Å². The normalized spacial score (nSPS) is 23.4. The summed E-state index contributed by atoms with van der Waals surface area (Å²) in [6.07, 6.45) is 7.85. The smallest absolute Gasteiger partial charge is 0.224 e. The van der Waals surface area contributed by atoms with Crippen LogP contribution in [0, 0.1) is 17.2 Å². The van der Waals surface area contributed by atoms with Gasteiger partial charge in [0.15, 0.2) is 0 Å². The molecule has 2 aliphatic rings. The van der Waals surface area contributed by atoms with Crippen LogP contribution in [0.4, 0.5) is 0 Å². The molecule has 2 saturated carbocycles. The molecule has 1 aromatic heterocycles. The van der Waals surface area contributed by atoms with Crippen molar-refractivity contribution < 1.29 is 4.79 Å². The van der Waals surface area contributed by atoms with Crippen LogP contribution in [0.3, 0.4) is 0 Å². The molecule has 0 bridgehead atoms. The Hall–Kier alpha value is -1.97. The molecule has 7 heteroatoms. The van der Waals surface area contributed by atoms with E-state index >= 15 is 0 Å². The molecule has 2 aromatic rings. The predicted molar refractivity (Wildman–Crippen MR) is 101 cm³/mol. The van der Waals surface area contributed by atoms with Crippen molar-refractivity contribution in [2.75, 3.05) is 0 Å². The molecule has 1 amide bonds. The number of halogens is 1. The highest BCUT2D eigenvalue weighted by Crippen LogP contribution is 2.42. The molecule has 0 aliphatic heterocycles. The van der Waals surface area contributed by atoms with E-state index in [1.807, 2.05) is 30.5 Å². The SMILES string of the molecule is N#CC1(NC(=O)C2CCC(Sc3ccc(-n4cccn4)cc3Cl)C2)CC1. The Morgan fingerprint density at radius 2 is 2.27 bits per heavy atom. The van der Waals surface area contributed by atoms with Crippen molar-refractivity contribution in [2.45, 2.75) is 47.8 Å². The Morgan fingerprint density at radius 1 is 1.42 bits per heavy atom. The van der Waals surface area contributed by atoms with Crippen LogP contribution in [0.2, 0.25) is 5.02 Å². The van der Waals surface area contributed by atoms with E-state index in [4.69, 9.17) is 16.9 Å². The third-order valence-electron chi connectivity index (χ3n) is 5.06. The van der Waals surface area contributed by atoms with Crippen molar-refractivity contribution >= 4 is 29.3 Å². The largest absolute Gasteiger partial charge is 0.338 e. The third kappa shape index (κ3) is 3.60. The fraction of sp³-hybridized carbons (Fsp3) is 0.421. The zero-order valence-electron chi connectivity index (χ0n) is 14.2. The summed E-state index contributed by atoms with van der Waals surface area (Å²) in [5, 5.41) is 17.4. The van der Waals surface area contributed by atoms with Crippen LogP contribution in [-0.2, 0) is 4.79 Å². The monoisotopic (exact) mass is 386 g/mol. The predicted octanol–water partition coefficient (Wildman–Crippen LogP) is 3.96. The summed E-state index contributed by atoms with van der Waals surface area (Å²) < 4.78 is 1.78. The van der Waals surface area contributed by atoms with E-state index in [0.29, 0.717) is 10.3 Å². The number of benzene rings is 1. The zero-order chi connectivity index (χ0) is 18.1. The fourth-order valence-corrected chi connectivity index (χ4v) is 4.91. The first-order chi connectivity index (χ1) is 12.6. The van der Waals surface area contributed by atoms with E-state index in [0.717, 1.165) is 42.7 Å². The molecule has 26 heavy (non-hydrogen) atoms. The number of hydrogen-bond donors (Lipinski definition) is 1. The first kappa shape index (κ1) is 17.4. The lowest BCUT2D eigenvalue weighted by atomic mass is 10.1. The van der Waals surface area contributed by atoms with Crippen LogP contribution in [-0.4, -0.2) is 26.5 Å². The van der Waals surface area contributed by atoms with Gasteiger partial charge in [-0.2, -0.15) is 10.4 Å². The molecular formula is C19H19ClN4OS. The summed E-state index contributed by atoms with van der Waals surface area (Å²) in [5.41, 5.74) is 0.354. The maximum absolute atomic E-state index is 12.4. The van der Waals surface area contributed by atoms with Crippen molar-refractivity contribution in [1.82, 2.24) is 15.1 Å². The molecule has 2 fully saturated rings. The average molecular weight is 387 g/mol. The van der Waals surface area contributed by atoms with Gasteiger partial charge in [0.1, 0.15) is 5.54 Å². The fourth-order valence-electron chi connectivity index (χ4n) is 3.34. The summed E-state index contributed by atoms with van der Waals surface area (Å²) in [6, 6.07) is 10.0. The number of nitrogens with zero attached hydrogens (tertiary/aromatic N) is 3. The molecule has 2 unspecified atom stereocenters. The second-order valence-electron chi connectivity index (χ2n) is 7.00. The topological polar surface area (TPSA) is 70.7 Å². The van der Waals surface area contributed by atoms with Crippen LogP contribution in [0.25, 0.3) is 5.69 Å². The lowest BCUT2D eigenvalue weighted by Gasteiger charge is -2.15. The highest BCUT2D eigenvalue weighted by atomic mass is 35.5. The van der Waals surface area contributed by atoms with Gasteiger partial charge in [-0.15, -0.1) is 11.8 Å². The van der Waals surface area contributed by atoms with Gasteiger partial charge in [0.05, 0.1) is 16.8 Å². The molecule has 0 spiro atoms. The average Bonchev–Trinajstić information content (AvgIpc) is 3.05. The number of amides is 1. The van der Waals surface area contributed by atoms with Crippen LogP contribution >= 0.6 is 23.4 Å². The van der Waals surface area contributed by atoms with Gasteiger partial charge in [0, 0.05) is 28.5 Å². The molecule has 134 valence electrons. The summed E-state index contributed by atoms with van der Waals surface area (Å²) >= 11 is 8.20. The van der Waals surface area contributed by atoms with Gasteiger partial charge in [-0.1, -0.05) is 11.6 Å². The molecule has 2 aliphatic carbocycles. The van der Waals surface area contributed by atoms with Crippen LogP contribution in [0.1, 0.15) is 32.1 Å². The van der Waals surface area contributed by atoms with E-state index in [9.17, 15) is 4.79 Å². The van der Waals surface area contributed by atoms with Crippen molar-refractivity contribution in [2.24, 2.45) is 5.92 Å². The minimum atomic E-state index is -0.575. The van der Waals surface area contributed by atoms with Gasteiger partial charge in [0.25, 0.3) is 0 Å². The second-order valence-corrected chi connectivity index (χ2v) is 8.75. The molecule has 2 atom stereocenters. The standard InChI is InChI=1S/C19H19ClN4OS/c20-16-11-14(24-9-1-8-22-24)3-5-17(16)26-15-4-2-13(10-15)18(25)23-19(12-21)6-7-19/h1,3,5,8-9,11,13,15H,2,4,6-7,10H2,(H,23,25). The minimum Gasteiger partial charge on any atom is -0.338 e. The lowest BCUT2D eigenvalue weighted by molar-refractivity contribution is -0.125. The number of carbonyl (C=O) groups is 1. The zero-order valence-corrected chi connectivity index (χ0v) is 15.8. The van der Waals surface area contributed by atoms with E-state index in [2.05, 4.69) is 16.5 Å². The summed E-state index contributed by atoms with van der Waals surface area (Å²) in [7, 11) is 0. The minimum absolute atomic E-state index is 0.000415. The maximum atomic E-state index is 12.4. The number of nitrogens with one attached hydrogen (secondary N) is 1. The Labute approximate surface area is 161 Å². The quantitative estimate of drug-likeness (QED) is 0.844. The van der Waals surface area contributed by atoms with E-state index in [1.165, 1.54) is 0 Å². The molecule has 1 heterocycles. The number of aromatic nitrogens is 2. The number of hydrogen-bond acceptors (Lipinski definition) is 4. The van der Waals surface area contributed by atoms with Crippen molar-refractivity contribution in [3.63, 3.8) is 0 Å². The van der Waals surface area contributed by atoms with Crippen LogP contribution < -0.4 is 5.32 Å². The summed E-state index contributed by atoms with van der Waals surface area (Å²) in [6.45, 7) is 0. The van der Waals surface area contributed by atoms with E-state index in [-0.39, 0.29) is 11.8 Å². The Bertz CT molecular complexity index is 857. The van der Waals surface area contributed by atoms with Gasteiger partial charge in [-0.05, 0) is 56.4 Å². The van der Waals surface area contributed by atoms with Gasteiger partial charge >= 0.3 is 0 Å². The van der Waals surface area contributed by atoms with Gasteiger partial charge < -0.3 is 5.32 Å². The lowest BCUT2D eigenvalue weighted by Crippen LogP contribution is -2.39. The Kier molecular flexibility index (Phi) is 4.68. The van der Waals surface area contributed by atoms with Crippen molar-refractivity contribution in [3.8, 4) is 11.8 Å². The summed E-state index contributed by atoms with van der Waals surface area (Å²) in [5.74, 6) is 0.0349. The molecule has 0 radical (unpaired) electrons. The van der Waals surface area contributed by atoms with Crippen molar-refractivity contribution in [3.05, 3.63) is 41.7 Å². The first-order valence-corrected chi connectivity index (χ1v) is 10.0. The Balaban J connectivity index is 1.36. The second kappa shape index (κ2) is 6.98. The number of carbonyl (C=O) groups excluding carboxylic acids is 1. The highest BCUT2D eigenvalue weighted by molar-refractivity contribution is 8.00. The third-order valence-corrected chi connectivity index (χ3v) is 6.86. The number of thioether (sulfide) groups is 1. The molecule has 0 saturated heterocycles. The van der Waals surface area contributed by atoms with Crippen LogP contribution in [0.15, 0.2) is 41.6 Å². The molecule has 5 nitrogen and oxygen atoms in total. The number of rotatable bonds is 5. The molecule has 1 N–H and O–H groups in total. The van der Waals surface area contributed by atoms with Crippen LogP contribution in [0.5, 0.6) is 0 Å². The maximum Gasteiger partial charge on any atom is 0.224 e. The molecular weight excluding hydrogens is 368 g/mol. The number of nitriles is 1. The van der Waals surface area contributed by atoms with Gasteiger partial charge in [-0.3, -0.25) is 4.79 Å². The van der Waals surface area contributed by atoms with Gasteiger partial charge in [-0.25, -0.2) is 4.68 Å². The molecule has 4 rings (SSSR count). The Morgan fingerprint density at radius 3 is 2.92 bits per heavy atom. The highest BCUT2D eigenvalue weighted by Gasteiger charge is 2.46. The molecule has 1 aromatic carbocycles. The van der Waals surface area contributed by atoms with Gasteiger partial charge in [0.2, 0.25) is 5.91 Å². The summed E-state index contributed by atoms with van der Waals surface area (Å²) in [4.78, 5) is 13.4. The van der Waals surface area contributed by atoms with E-state index < -0.39 is 5.54 Å². The first-order valence-electron chi connectivity index (χ1n) is 8.78. The van der Waals surface area contributed by atoms with Crippen molar-refractivity contribution in [1.29, 1.82) is 5.26 Å².